The van der Waals surface area contributed by atoms with Crippen LogP contribution in [0.5, 0.6) is 0 Å². The molecule has 29 heavy (non-hydrogen) atoms. The van der Waals surface area contributed by atoms with Crippen molar-refractivity contribution in [2.75, 3.05) is 11.9 Å². The molecule has 0 aliphatic carbocycles. The van der Waals surface area contributed by atoms with Crippen LogP contribution in [0.1, 0.15) is 54.3 Å². The Morgan fingerprint density at radius 2 is 1.79 bits per heavy atom. The van der Waals surface area contributed by atoms with Gasteiger partial charge in [-0.3, -0.25) is 19.4 Å². The maximum atomic E-state index is 12.4. The number of Topliss-reactive ketones (excluding diaryl/α,β-unsaturated/α-hetero) is 2. The Labute approximate surface area is 168 Å². The van der Waals surface area contributed by atoms with Gasteiger partial charge in [-0.15, -0.1) is 0 Å². The minimum absolute atomic E-state index is 0.0900. The molecule has 0 aliphatic heterocycles. The Balaban J connectivity index is 2.87. The first kappa shape index (κ1) is 23.6. The molecule has 0 fully saturated rings. The number of aliphatic carboxylic acids is 1. The van der Waals surface area contributed by atoms with E-state index >= 15 is 0 Å². The third kappa shape index (κ3) is 7.24. The average molecular weight is 405 g/mol. The van der Waals surface area contributed by atoms with Crippen molar-refractivity contribution in [2.45, 2.75) is 45.7 Å². The summed E-state index contributed by atoms with van der Waals surface area (Å²) in [4.78, 5) is 51.4. The molecule has 158 valence electrons. The van der Waals surface area contributed by atoms with Crippen molar-refractivity contribution in [2.24, 2.45) is 16.5 Å². The fourth-order valence-corrected chi connectivity index (χ4v) is 2.70. The zero-order valence-corrected chi connectivity index (χ0v) is 16.7. The van der Waals surface area contributed by atoms with E-state index in [2.05, 4.69) is 15.6 Å². The van der Waals surface area contributed by atoms with Gasteiger partial charge < -0.3 is 27.2 Å². The third-order valence-electron chi connectivity index (χ3n) is 4.12. The molecule has 1 rings (SSSR count). The second-order valence-corrected chi connectivity index (χ2v) is 6.55. The molecule has 2 unspecified atom stereocenters. The molecular weight excluding hydrogens is 378 g/mol. The van der Waals surface area contributed by atoms with Crippen molar-refractivity contribution in [3.05, 3.63) is 29.3 Å². The molecule has 0 bridgehead atoms. The molecule has 1 amide bonds. The minimum Gasteiger partial charge on any atom is -0.480 e. The maximum absolute atomic E-state index is 12.4. The number of ketones is 2. The lowest BCUT2D eigenvalue weighted by atomic mass is 9.99. The largest absolute Gasteiger partial charge is 0.480 e. The zero-order valence-electron chi connectivity index (χ0n) is 16.7. The Kier molecular flexibility index (Phi) is 8.78. The predicted octanol–water partition coefficient (Wildman–Crippen LogP) is 0.515. The lowest BCUT2D eigenvalue weighted by Crippen LogP contribution is -2.47. The van der Waals surface area contributed by atoms with Crippen LogP contribution in [0, 0.1) is 0 Å². The van der Waals surface area contributed by atoms with Crippen LogP contribution in [0.4, 0.5) is 5.69 Å². The summed E-state index contributed by atoms with van der Waals surface area (Å²) >= 11 is 0. The van der Waals surface area contributed by atoms with Crippen LogP contribution in [0.3, 0.4) is 0 Å². The predicted molar refractivity (Wildman–Crippen MR) is 109 cm³/mol. The van der Waals surface area contributed by atoms with Crippen molar-refractivity contribution in [3.8, 4) is 0 Å². The van der Waals surface area contributed by atoms with E-state index in [4.69, 9.17) is 11.5 Å². The van der Waals surface area contributed by atoms with Gasteiger partial charge in [0.2, 0.25) is 5.91 Å². The van der Waals surface area contributed by atoms with Crippen LogP contribution in [-0.2, 0) is 9.59 Å². The van der Waals surface area contributed by atoms with Crippen molar-refractivity contribution in [1.82, 2.24) is 5.32 Å². The third-order valence-corrected chi connectivity index (χ3v) is 4.12. The number of carboxylic acid groups (broad SMARTS) is 1. The van der Waals surface area contributed by atoms with E-state index in [-0.39, 0.29) is 41.6 Å². The minimum atomic E-state index is -1.18. The summed E-state index contributed by atoms with van der Waals surface area (Å²) in [5.74, 6) is -2.44. The fraction of sp³-hybridized carbons (Fsp3) is 0.421. The van der Waals surface area contributed by atoms with Crippen molar-refractivity contribution in [3.63, 3.8) is 0 Å². The number of nitrogens with zero attached hydrogens (tertiary/aromatic N) is 1. The molecule has 0 saturated heterocycles. The van der Waals surface area contributed by atoms with Gasteiger partial charge in [0, 0.05) is 17.8 Å². The number of hydrogen-bond acceptors (Lipinski definition) is 6. The first-order chi connectivity index (χ1) is 13.5. The molecule has 7 N–H and O–H groups in total. The second kappa shape index (κ2) is 10.8. The normalized spacial score (nSPS) is 12.4. The summed E-state index contributed by atoms with van der Waals surface area (Å²) in [7, 11) is 0. The molecular formula is C19H27N5O5. The lowest BCUT2D eigenvalue weighted by Gasteiger charge is -2.21. The molecule has 0 saturated carbocycles. The van der Waals surface area contributed by atoms with Gasteiger partial charge in [0.1, 0.15) is 12.1 Å². The number of rotatable bonds is 11. The van der Waals surface area contributed by atoms with Gasteiger partial charge >= 0.3 is 5.97 Å². The number of amides is 1. The van der Waals surface area contributed by atoms with E-state index in [1.54, 1.807) is 12.1 Å². The molecule has 10 nitrogen and oxygen atoms in total. The Bertz CT molecular complexity index is 817. The number of anilines is 1. The molecule has 1 aromatic rings. The Morgan fingerprint density at radius 3 is 2.31 bits per heavy atom. The van der Waals surface area contributed by atoms with Crippen LogP contribution in [-0.4, -0.2) is 53.1 Å². The lowest BCUT2D eigenvalue weighted by molar-refractivity contribution is -0.142. The number of nitrogens with two attached hydrogens (primary N) is 2. The molecule has 0 aliphatic rings. The topological polar surface area (TPSA) is 177 Å². The molecule has 0 spiro atoms. The highest BCUT2D eigenvalue weighted by Gasteiger charge is 2.24. The summed E-state index contributed by atoms with van der Waals surface area (Å²) in [5.41, 5.74) is 11.2. The number of nitrogens with one attached hydrogen (secondary N) is 2. The first-order valence-corrected chi connectivity index (χ1v) is 9.04. The van der Waals surface area contributed by atoms with Gasteiger partial charge in [-0.1, -0.05) is 12.1 Å². The fourth-order valence-electron chi connectivity index (χ4n) is 2.70. The average Bonchev–Trinajstić information content (AvgIpc) is 2.62. The van der Waals surface area contributed by atoms with Crippen molar-refractivity contribution in [1.29, 1.82) is 0 Å². The highest BCUT2D eigenvalue weighted by molar-refractivity contribution is 6.11. The van der Waals surface area contributed by atoms with E-state index in [9.17, 15) is 24.3 Å². The SMILES string of the molecule is CC(=O)c1cccc(NC(C)C(=O)NC(CCCN=C(N)N)C(=O)O)c1C(C)=O. The number of guanidine groups is 1. The highest BCUT2D eigenvalue weighted by atomic mass is 16.4. The number of hydrogen-bond donors (Lipinski definition) is 5. The van der Waals surface area contributed by atoms with Gasteiger partial charge in [-0.05, 0) is 39.7 Å². The molecule has 2 atom stereocenters. The van der Waals surface area contributed by atoms with E-state index in [0.29, 0.717) is 12.1 Å². The van der Waals surface area contributed by atoms with Crippen LogP contribution < -0.4 is 22.1 Å². The summed E-state index contributed by atoms with van der Waals surface area (Å²) in [6.07, 6.45) is 0.509. The Hall–Kier alpha value is -3.43. The van der Waals surface area contributed by atoms with E-state index < -0.39 is 24.0 Å². The summed E-state index contributed by atoms with van der Waals surface area (Å²) in [5, 5.41) is 14.6. The molecule has 1 aromatic carbocycles. The number of carboxylic acids is 1. The standard InChI is InChI=1S/C19H27N5O5/c1-10(17(27)24-15(18(28)29)8-5-9-22-19(20)21)23-14-7-4-6-13(11(2)25)16(14)12(3)26/h4,6-7,10,15,23H,5,8-9H2,1-3H3,(H,24,27)(H,28,29)(H4,20,21,22). The van der Waals surface area contributed by atoms with Crippen LogP contribution in [0.25, 0.3) is 0 Å². The number of carbonyl (C=O) groups excluding carboxylic acids is 3. The molecule has 0 radical (unpaired) electrons. The monoisotopic (exact) mass is 405 g/mol. The number of benzene rings is 1. The molecule has 10 heteroatoms. The quantitative estimate of drug-likeness (QED) is 0.153. The first-order valence-electron chi connectivity index (χ1n) is 9.04. The van der Waals surface area contributed by atoms with Gasteiger partial charge in [-0.2, -0.15) is 0 Å². The summed E-state index contributed by atoms with van der Waals surface area (Å²) < 4.78 is 0. The van der Waals surface area contributed by atoms with Crippen LogP contribution >= 0.6 is 0 Å². The van der Waals surface area contributed by atoms with Crippen LogP contribution in [0.15, 0.2) is 23.2 Å². The van der Waals surface area contributed by atoms with Gasteiger partial charge in [0.05, 0.1) is 5.56 Å². The maximum Gasteiger partial charge on any atom is 0.326 e. The zero-order chi connectivity index (χ0) is 22.1. The van der Waals surface area contributed by atoms with Crippen molar-refractivity contribution >= 4 is 35.1 Å². The van der Waals surface area contributed by atoms with Gasteiger partial charge in [0.15, 0.2) is 17.5 Å². The molecule has 0 aromatic heterocycles. The number of aliphatic imine (C=N–C) groups is 1. The smallest absolute Gasteiger partial charge is 0.326 e. The second-order valence-electron chi connectivity index (χ2n) is 6.55. The van der Waals surface area contributed by atoms with E-state index in [0.717, 1.165) is 0 Å². The van der Waals surface area contributed by atoms with E-state index in [1.165, 1.54) is 26.8 Å². The van der Waals surface area contributed by atoms with E-state index in [1.807, 2.05) is 0 Å². The highest BCUT2D eigenvalue weighted by Crippen LogP contribution is 2.22. The molecule has 0 heterocycles. The van der Waals surface area contributed by atoms with Crippen LogP contribution in [0.2, 0.25) is 0 Å². The van der Waals surface area contributed by atoms with Gasteiger partial charge in [0.25, 0.3) is 0 Å². The summed E-state index contributed by atoms with van der Waals surface area (Å²) in [6.45, 7) is 4.45. The Morgan fingerprint density at radius 1 is 1.14 bits per heavy atom. The number of carbonyl (C=O) groups is 4. The van der Waals surface area contributed by atoms with Gasteiger partial charge in [-0.25, -0.2) is 4.79 Å². The van der Waals surface area contributed by atoms with Crippen molar-refractivity contribution < 1.29 is 24.3 Å². The summed E-state index contributed by atoms with van der Waals surface area (Å²) in [6, 6.07) is 2.74.